The molecule has 0 radical (unpaired) electrons. The van der Waals surface area contributed by atoms with Crippen LogP contribution >= 0.6 is 11.6 Å². The first-order valence-electron chi connectivity index (χ1n) is 9.04. The highest BCUT2D eigenvalue weighted by atomic mass is 35.5. The smallest absolute Gasteiger partial charge is 0.261 e. The number of aryl methyl sites for hydroxylation is 1. The molecule has 1 N–H and O–H groups in total. The summed E-state index contributed by atoms with van der Waals surface area (Å²) in [5.74, 6) is 1.41. The topological polar surface area (TPSA) is 47.6 Å². The van der Waals surface area contributed by atoms with E-state index in [0.717, 1.165) is 24.2 Å². The third kappa shape index (κ3) is 6.26. The SMILES string of the molecule is CCOc1ccccc1CCCNC(=O)C(CC)Oc1cccc(Cl)c1. The maximum absolute atomic E-state index is 12.4. The number of benzene rings is 2. The Morgan fingerprint density at radius 3 is 2.69 bits per heavy atom. The minimum atomic E-state index is -0.524. The summed E-state index contributed by atoms with van der Waals surface area (Å²) in [6.07, 6.45) is 1.75. The zero-order chi connectivity index (χ0) is 18.8. The summed E-state index contributed by atoms with van der Waals surface area (Å²) in [5, 5.41) is 3.54. The Balaban J connectivity index is 1.80. The number of nitrogens with one attached hydrogen (secondary N) is 1. The highest BCUT2D eigenvalue weighted by Gasteiger charge is 2.18. The summed E-state index contributed by atoms with van der Waals surface area (Å²) in [6, 6.07) is 15.1. The first-order chi connectivity index (χ1) is 12.6. The maximum atomic E-state index is 12.4. The molecule has 2 aromatic carbocycles. The van der Waals surface area contributed by atoms with Gasteiger partial charge in [0.05, 0.1) is 6.61 Å². The number of carbonyl (C=O) groups excluding carboxylic acids is 1. The van der Waals surface area contributed by atoms with Crippen molar-refractivity contribution in [2.45, 2.75) is 39.2 Å². The van der Waals surface area contributed by atoms with Crippen LogP contribution in [0.1, 0.15) is 32.3 Å². The van der Waals surface area contributed by atoms with Crippen LogP contribution in [0.4, 0.5) is 0 Å². The van der Waals surface area contributed by atoms with Crippen molar-refractivity contribution in [1.82, 2.24) is 5.32 Å². The number of carbonyl (C=O) groups is 1. The molecule has 0 heterocycles. The van der Waals surface area contributed by atoms with Gasteiger partial charge in [0.25, 0.3) is 5.91 Å². The van der Waals surface area contributed by atoms with Crippen LogP contribution in [0.2, 0.25) is 5.02 Å². The molecule has 0 aliphatic carbocycles. The van der Waals surface area contributed by atoms with Gasteiger partial charge in [0, 0.05) is 11.6 Å². The lowest BCUT2D eigenvalue weighted by atomic mass is 10.1. The molecule has 1 atom stereocenters. The predicted octanol–water partition coefficient (Wildman–Crippen LogP) is 4.65. The Hall–Kier alpha value is -2.20. The minimum Gasteiger partial charge on any atom is -0.494 e. The van der Waals surface area contributed by atoms with E-state index in [1.54, 1.807) is 24.3 Å². The molecule has 2 aromatic rings. The van der Waals surface area contributed by atoms with E-state index in [1.165, 1.54) is 0 Å². The van der Waals surface area contributed by atoms with Crippen molar-refractivity contribution < 1.29 is 14.3 Å². The van der Waals surface area contributed by atoms with Crippen molar-refractivity contribution in [3.63, 3.8) is 0 Å². The van der Waals surface area contributed by atoms with Crippen LogP contribution in [0.25, 0.3) is 0 Å². The van der Waals surface area contributed by atoms with Crippen molar-refractivity contribution in [2.75, 3.05) is 13.2 Å². The first kappa shape index (κ1) is 20.1. The number of hydrogen-bond donors (Lipinski definition) is 1. The fourth-order valence-electron chi connectivity index (χ4n) is 2.64. The third-order valence-corrected chi connectivity index (χ3v) is 4.17. The van der Waals surface area contributed by atoms with Gasteiger partial charge in [0.2, 0.25) is 0 Å². The molecule has 0 bridgehead atoms. The zero-order valence-electron chi connectivity index (χ0n) is 15.3. The standard InChI is InChI=1S/C21H26ClNO3/c1-3-19(26-18-12-7-11-17(22)15-18)21(24)23-14-8-10-16-9-5-6-13-20(16)25-4-2/h5-7,9,11-13,15,19H,3-4,8,10,14H2,1-2H3,(H,23,24). The van der Waals surface area contributed by atoms with Gasteiger partial charge in [0.15, 0.2) is 6.10 Å². The molecule has 0 spiro atoms. The van der Waals surface area contributed by atoms with E-state index in [0.29, 0.717) is 30.3 Å². The molecule has 0 fully saturated rings. The van der Waals surface area contributed by atoms with Gasteiger partial charge in [-0.05, 0) is 56.0 Å². The number of halogens is 1. The molecule has 26 heavy (non-hydrogen) atoms. The van der Waals surface area contributed by atoms with Gasteiger partial charge in [-0.2, -0.15) is 0 Å². The quantitative estimate of drug-likeness (QED) is 0.615. The zero-order valence-corrected chi connectivity index (χ0v) is 16.1. The van der Waals surface area contributed by atoms with E-state index in [9.17, 15) is 4.79 Å². The van der Waals surface area contributed by atoms with Crippen molar-refractivity contribution in [1.29, 1.82) is 0 Å². The van der Waals surface area contributed by atoms with Crippen LogP contribution in [-0.4, -0.2) is 25.2 Å². The van der Waals surface area contributed by atoms with Gasteiger partial charge < -0.3 is 14.8 Å². The monoisotopic (exact) mass is 375 g/mol. The summed E-state index contributed by atoms with van der Waals surface area (Å²) in [4.78, 5) is 12.4. The van der Waals surface area contributed by atoms with Crippen molar-refractivity contribution in [3.05, 3.63) is 59.1 Å². The second-order valence-electron chi connectivity index (χ2n) is 5.91. The second kappa shape index (κ2) is 10.7. The van der Waals surface area contributed by atoms with Crippen LogP contribution in [0.3, 0.4) is 0 Å². The lowest BCUT2D eigenvalue weighted by molar-refractivity contribution is -0.128. The molecule has 0 aromatic heterocycles. The molecule has 4 nitrogen and oxygen atoms in total. The molecular weight excluding hydrogens is 350 g/mol. The molecule has 140 valence electrons. The lowest BCUT2D eigenvalue weighted by Gasteiger charge is -2.17. The number of hydrogen-bond acceptors (Lipinski definition) is 3. The Morgan fingerprint density at radius 1 is 1.15 bits per heavy atom. The summed E-state index contributed by atoms with van der Waals surface area (Å²) in [5.41, 5.74) is 1.16. The predicted molar refractivity (Wildman–Crippen MR) is 105 cm³/mol. The normalized spacial score (nSPS) is 11.7. The Kier molecular flexibility index (Phi) is 8.29. The molecule has 0 saturated carbocycles. The molecule has 1 unspecified atom stereocenters. The molecule has 0 aliphatic rings. The van der Waals surface area contributed by atoms with Gasteiger partial charge >= 0.3 is 0 Å². The van der Waals surface area contributed by atoms with Gasteiger partial charge in [-0.25, -0.2) is 0 Å². The number of rotatable bonds is 10. The van der Waals surface area contributed by atoms with E-state index in [1.807, 2.05) is 32.0 Å². The lowest BCUT2D eigenvalue weighted by Crippen LogP contribution is -2.38. The molecule has 0 aliphatic heterocycles. The van der Waals surface area contributed by atoms with Crippen LogP contribution < -0.4 is 14.8 Å². The Bertz CT molecular complexity index is 705. The fourth-order valence-corrected chi connectivity index (χ4v) is 2.82. The summed E-state index contributed by atoms with van der Waals surface area (Å²) >= 11 is 5.96. The highest BCUT2D eigenvalue weighted by Crippen LogP contribution is 2.20. The van der Waals surface area contributed by atoms with E-state index >= 15 is 0 Å². The van der Waals surface area contributed by atoms with Crippen molar-refractivity contribution in [2.24, 2.45) is 0 Å². The molecule has 1 amide bonds. The number of amides is 1. The van der Waals surface area contributed by atoms with E-state index in [4.69, 9.17) is 21.1 Å². The Labute approximate surface area is 160 Å². The fraction of sp³-hybridized carbons (Fsp3) is 0.381. The van der Waals surface area contributed by atoms with Crippen LogP contribution in [0.5, 0.6) is 11.5 Å². The van der Waals surface area contributed by atoms with E-state index < -0.39 is 6.10 Å². The van der Waals surface area contributed by atoms with Crippen LogP contribution in [0, 0.1) is 0 Å². The molecule has 5 heteroatoms. The van der Waals surface area contributed by atoms with Gasteiger partial charge in [-0.15, -0.1) is 0 Å². The minimum absolute atomic E-state index is 0.106. The third-order valence-electron chi connectivity index (χ3n) is 3.93. The van der Waals surface area contributed by atoms with Crippen molar-refractivity contribution in [3.8, 4) is 11.5 Å². The van der Waals surface area contributed by atoms with Gasteiger partial charge in [0.1, 0.15) is 11.5 Å². The van der Waals surface area contributed by atoms with Gasteiger partial charge in [-0.3, -0.25) is 4.79 Å². The van der Waals surface area contributed by atoms with Crippen molar-refractivity contribution >= 4 is 17.5 Å². The molecule has 0 saturated heterocycles. The average molecular weight is 376 g/mol. The summed E-state index contributed by atoms with van der Waals surface area (Å²) in [7, 11) is 0. The number of para-hydroxylation sites is 1. The Morgan fingerprint density at radius 2 is 1.96 bits per heavy atom. The molecule has 2 rings (SSSR count). The number of ether oxygens (including phenoxy) is 2. The van der Waals surface area contributed by atoms with Crippen LogP contribution in [-0.2, 0) is 11.2 Å². The summed E-state index contributed by atoms with van der Waals surface area (Å²) < 4.78 is 11.4. The molecular formula is C21H26ClNO3. The average Bonchev–Trinajstić information content (AvgIpc) is 2.64. The highest BCUT2D eigenvalue weighted by molar-refractivity contribution is 6.30. The van der Waals surface area contributed by atoms with E-state index in [2.05, 4.69) is 11.4 Å². The maximum Gasteiger partial charge on any atom is 0.261 e. The van der Waals surface area contributed by atoms with Gasteiger partial charge in [-0.1, -0.05) is 42.8 Å². The first-order valence-corrected chi connectivity index (χ1v) is 9.42. The van der Waals surface area contributed by atoms with Crippen LogP contribution in [0.15, 0.2) is 48.5 Å². The summed E-state index contributed by atoms with van der Waals surface area (Å²) in [6.45, 7) is 5.14. The largest absolute Gasteiger partial charge is 0.494 e. The second-order valence-corrected chi connectivity index (χ2v) is 6.34. The van der Waals surface area contributed by atoms with E-state index in [-0.39, 0.29) is 5.91 Å².